The zero-order chi connectivity index (χ0) is 30.3. The van der Waals surface area contributed by atoms with Crippen LogP contribution in [0.25, 0.3) is 0 Å². The molecule has 1 aromatic carbocycles. The average molecular weight is 601 g/mol. The Morgan fingerprint density at radius 3 is 2.08 bits per heavy atom. The summed E-state index contributed by atoms with van der Waals surface area (Å²) in [7, 11) is -4.25. The highest BCUT2D eigenvalue weighted by atomic mass is 28.4. The predicted octanol–water partition coefficient (Wildman–Crippen LogP) is 8.37. The van der Waals surface area contributed by atoms with Crippen molar-refractivity contribution < 1.29 is 36.3 Å². The molecule has 1 aromatic rings. The van der Waals surface area contributed by atoms with E-state index in [0.29, 0.717) is 18.6 Å². The SMILES string of the molecule is CC(C)(C)[Si](C)(C)OC1CC2OC(=O)CC1C2/C=C/[C@H](COc1ccc(C(F)(F)F)cc1)O[Si](C)(C)C(C)(C)C. The van der Waals surface area contributed by atoms with Crippen LogP contribution in [0, 0.1) is 11.8 Å². The molecule has 5 atom stereocenters. The normalized spacial score (nSPS) is 25.3. The number of alkyl halides is 3. The minimum absolute atomic E-state index is 0.00375. The number of esters is 1. The quantitative estimate of drug-likeness (QED) is 0.162. The van der Waals surface area contributed by atoms with Crippen LogP contribution in [-0.2, 0) is 24.6 Å². The number of carbonyl (C=O) groups is 1. The molecule has 0 spiro atoms. The summed E-state index contributed by atoms with van der Waals surface area (Å²) in [6.45, 7) is 22.0. The van der Waals surface area contributed by atoms with Crippen LogP contribution in [0.4, 0.5) is 13.2 Å². The van der Waals surface area contributed by atoms with Gasteiger partial charge in [-0.25, -0.2) is 0 Å². The molecule has 1 aliphatic heterocycles. The molecular weight excluding hydrogens is 553 g/mol. The number of fused-ring (bicyclic) bond motifs is 2. The molecule has 1 aliphatic carbocycles. The number of benzene rings is 1. The predicted molar refractivity (Wildman–Crippen MR) is 156 cm³/mol. The Bertz CT molecular complexity index is 1060. The number of halogens is 3. The van der Waals surface area contributed by atoms with Crippen molar-refractivity contribution in [3.05, 3.63) is 42.0 Å². The van der Waals surface area contributed by atoms with E-state index in [-0.39, 0.29) is 46.7 Å². The van der Waals surface area contributed by atoms with Crippen molar-refractivity contribution in [3.63, 3.8) is 0 Å². The highest BCUT2D eigenvalue weighted by Crippen LogP contribution is 2.47. The smallest absolute Gasteiger partial charge is 0.416 e. The first kappa shape index (κ1) is 32.9. The van der Waals surface area contributed by atoms with E-state index < -0.39 is 34.5 Å². The van der Waals surface area contributed by atoms with Gasteiger partial charge < -0.3 is 18.3 Å². The molecule has 2 aliphatic rings. The topological polar surface area (TPSA) is 54.0 Å². The molecular formula is C30H47F3O5Si2. The Kier molecular flexibility index (Phi) is 9.51. The lowest BCUT2D eigenvalue weighted by Crippen LogP contribution is -2.45. The lowest BCUT2D eigenvalue weighted by Gasteiger charge is -2.40. The minimum Gasteiger partial charge on any atom is -0.491 e. The van der Waals surface area contributed by atoms with Gasteiger partial charge >= 0.3 is 12.1 Å². The minimum atomic E-state index is -4.40. The third-order valence-corrected chi connectivity index (χ3v) is 18.2. The largest absolute Gasteiger partial charge is 0.491 e. The molecule has 0 amide bonds. The molecule has 0 N–H and O–H groups in total. The Hall–Kier alpha value is -1.63. The van der Waals surface area contributed by atoms with Crippen molar-refractivity contribution in [2.24, 2.45) is 11.8 Å². The van der Waals surface area contributed by atoms with Crippen LogP contribution in [0.5, 0.6) is 5.75 Å². The summed E-state index contributed by atoms with van der Waals surface area (Å²) >= 11 is 0. The number of carbonyl (C=O) groups excluding carboxylic acids is 1. The van der Waals surface area contributed by atoms with Gasteiger partial charge in [-0.05, 0) is 60.5 Å². The Morgan fingerprint density at radius 2 is 1.55 bits per heavy atom. The van der Waals surface area contributed by atoms with Crippen LogP contribution in [0.1, 0.15) is 59.9 Å². The van der Waals surface area contributed by atoms with Crippen molar-refractivity contribution in [1.29, 1.82) is 0 Å². The molecule has 4 unspecified atom stereocenters. The standard InChI is InChI=1S/C30H47F3O5Si2/c1-28(2,3)39(7,8)37-22(19-35-21-13-11-20(12-14-21)30(31,32)33)15-16-23-24-17-27(34)36-25(23)18-26(24)38-40(9,10)29(4,5)6/h11-16,22-26H,17-19H2,1-10H3/b16-15+/t22-,23?,24?,25?,26?/m1/s1. The third kappa shape index (κ3) is 7.80. The van der Waals surface area contributed by atoms with E-state index in [0.717, 1.165) is 12.1 Å². The van der Waals surface area contributed by atoms with E-state index in [1.807, 2.05) is 6.08 Å². The molecule has 1 saturated carbocycles. The van der Waals surface area contributed by atoms with Crippen molar-refractivity contribution in [2.75, 3.05) is 6.61 Å². The molecule has 3 rings (SSSR count). The summed E-state index contributed by atoms with van der Waals surface area (Å²) < 4.78 is 64.0. The van der Waals surface area contributed by atoms with Crippen LogP contribution in [0.15, 0.2) is 36.4 Å². The average Bonchev–Trinajstić information content (AvgIpc) is 2.98. The van der Waals surface area contributed by atoms with E-state index in [1.165, 1.54) is 12.1 Å². The molecule has 226 valence electrons. The first-order valence-corrected chi connectivity index (χ1v) is 20.0. The third-order valence-electron chi connectivity index (χ3n) is 9.20. The van der Waals surface area contributed by atoms with Gasteiger partial charge in [0.2, 0.25) is 0 Å². The van der Waals surface area contributed by atoms with Gasteiger partial charge in [0, 0.05) is 18.3 Å². The molecule has 1 saturated heterocycles. The van der Waals surface area contributed by atoms with Crippen molar-refractivity contribution in [2.45, 2.75) is 115 Å². The summed E-state index contributed by atoms with van der Waals surface area (Å²) in [6.07, 6.45) is -0.0384. The highest BCUT2D eigenvalue weighted by molar-refractivity contribution is 6.74. The highest BCUT2D eigenvalue weighted by Gasteiger charge is 2.52. The summed E-state index contributed by atoms with van der Waals surface area (Å²) in [5.41, 5.74) is -0.717. The van der Waals surface area contributed by atoms with Gasteiger partial charge in [-0.2, -0.15) is 13.2 Å². The number of rotatable bonds is 9. The van der Waals surface area contributed by atoms with Crippen LogP contribution in [0.3, 0.4) is 0 Å². The fourth-order valence-corrected chi connectivity index (χ4v) is 7.34. The zero-order valence-electron chi connectivity index (χ0n) is 25.6. The van der Waals surface area contributed by atoms with Gasteiger partial charge in [0.25, 0.3) is 0 Å². The van der Waals surface area contributed by atoms with Crippen molar-refractivity contribution in [3.8, 4) is 5.75 Å². The van der Waals surface area contributed by atoms with Gasteiger partial charge in [0.1, 0.15) is 18.5 Å². The fourth-order valence-electron chi connectivity index (χ4n) is 4.70. The lowest BCUT2D eigenvalue weighted by atomic mass is 9.88. The number of hydrogen-bond acceptors (Lipinski definition) is 5. The van der Waals surface area contributed by atoms with Crippen LogP contribution in [0.2, 0.25) is 36.3 Å². The molecule has 0 aromatic heterocycles. The second-order valence-electron chi connectivity index (χ2n) is 14.3. The molecule has 2 fully saturated rings. The van der Waals surface area contributed by atoms with E-state index in [4.69, 9.17) is 18.3 Å². The number of ether oxygens (including phenoxy) is 2. The molecule has 40 heavy (non-hydrogen) atoms. The monoisotopic (exact) mass is 600 g/mol. The van der Waals surface area contributed by atoms with Crippen molar-refractivity contribution >= 4 is 22.6 Å². The van der Waals surface area contributed by atoms with Gasteiger partial charge in [0.15, 0.2) is 16.6 Å². The van der Waals surface area contributed by atoms with E-state index >= 15 is 0 Å². The van der Waals surface area contributed by atoms with E-state index in [2.05, 4.69) is 73.8 Å². The molecule has 10 heteroatoms. The first-order chi connectivity index (χ1) is 18.1. The van der Waals surface area contributed by atoms with Gasteiger partial charge in [-0.15, -0.1) is 0 Å². The maximum Gasteiger partial charge on any atom is 0.416 e. The van der Waals surface area contributed by atoms with Gasteiger partial charge in [-0.1, -0.05) is 53.7 Å². The summed E-state index contributed by atoms with van der Waals surface area (Å²) in [4.78, 5) is 12.4. The molecule has 1 heterocycles. The van der Waals surface area contributed by atoms with Gasteiger partial charge in [0.05, 0.1) is 24.2 Å². The van der Waals surface area contributed by atoms with Gasteiger partial charge in [-0.3, -0.25) is 4.79 Å². The molecule has 0 radical (unpaired) electrons. The maximum atomic E-state index is 13.0. The Morgan fingerprint density at radius 1 is 0.975 bits per heavy atom. The Labute approximate surface area is 240 Å². The lowest BCUT2D eigenvalue weighted by molar-refractivity contribution is -0.156. The van der Waals surface area contributed by atoms with Crippen LogP contribution >= 0.6 is 0 Å². The van der Waals surface area contributed by atoms with E-state index in [1.54, 1.807) is 0 Å². The van der Waals surface area contributed by atoms with Crippen molar-refractivity contribution in [1.82, 2.24) is 0 Å². The van der Waals surface area contributed by atoms with Crippen LogP contribution in [-0.4, -0.2) is 47.5 Å². The summed E-state index contributed by atoms with van der Waals surface area (Å²) in [5, 5.41) is 0.00653. The number of hydrogen-bond donors (Lipinski definition) is 0. The van der Waals surface area contributed by atoms with E-state index in [9.17, 15) is 18.0 Å². The summed E-state index contributed by atoms with van der Waals surface area (Å²) in [5.74, 6) is 0.199. The molecule has 2 bridgehead atoms. The first-order valence-electron chi connectivity index (χ1n) is 14.1. The Balaban J connectivity index is 1.80. The zero-order valence-corrected chi connectivity index (χ0v) is 27.6. The second kappa shape index (κ2) is 11.6. The molecule has 5 nitrogen and oxygen atoms in total. The van der Waals surface area contributed by atoms with Crippen LogP contribution < -0.4 is 4.74 Å². The second-order valence-corrected chi connectivity index (χ2v) is 23.8. The summed E-state index contributed by atoms with van der Waals surface area (Å²) in [6, 6.07) is 4.70. The maximum absolute atomic E-state index is 13.0. The fraction of sp³-hybridized carbons (Fsp3) is 0.700.